The van der Waals surface area contributed by atoms with Crippen LogP contribution >= 0.6 is 0 Å². The van der Waals surface area contributed by atoms with Crippen LogP contribution in [-0.2, 0) is 0 Å². The summed E-state index contributed by atoms with van der Waals surface area (Å²) in [5.74, 6) is 0.451. The molecule has 16 heavy (non-hydrogen) atoms. The third-order valence-corrected chi connectivity index (χ3v) is 3.56. The molecule has 1 rings (SSSR count). The summed E-state index contributed by atoms with van der Waals surface area (Å²) in [7, 11) is 0. The van der Waals surface area contributed by atoms with Crippen molar-refractivity contribution in [2.45, 2.75) is 58.0 Å². The molecule has 0 saturated heterocycles. The van der Waals surface area contributed by atoms with Crippen LogP contribution in [0, 0.1) is 5.92 Å². The predicted molar refractivity (Wildman–Crippen MR) is 66.2 cm³/mol. The fourth-order valence-electron chi connectivity index (χ4n) is 2.02. The van der Waals surface area contributed by atoms with E-state index in [1.165, 1.54) is 12.8 Å². The van der Waals surface area contributed by atoms with Crippen LogP contribution in [0.1, 0.15) is 46.0 Å². The van der Waals surface area contributed by atoms with Crippen LogP contribution in [0.5, 0.6) is 0 Å². The average Bonchev–Trinajstić information content (AvgIpc) is 2.77. The standard InChI is InChI=1S/C12H25N3O/c1-3-9(2)11(13)8-14-12(16)15-10-6-4-5-7-10/h9-11H,3-8,13H2,1-2H3,(H2,14,15,16). The van der Waals surface area contributed by atoms with Gasteiger partial charge >= 0.3 is 6.03 Å². The van der Waals surface area contributed by atoms with Gasteiger partial charge in [0.2, 0.25) is 0 Å². The maximum atomic E-state index is 11.5. The Morgan fingerprint density at radius 1 is 1.44 bits per heavy atom. The molecule has 1 saturated carbocycles. The summed E-state index contributed by atoms with van der Waals surface area (Å²) in [5.41, 5.74) is 5.94. The molecule has 0 aromatic heterocycles. The fraction of sp³-hybridized carbons (Fsp3) is 0.917. The van der Waals surface area contributed by atoms with E-state index >= 15 is 0 Å². The molecule has 0 radical (unpaired) electrons. The third kappa shape index (κ3) is 4.39. The zero-order chi connectivity index (χ0) is 12.0. The summed E-state index contributed by atoms with van der Waals surface area (Å²) in [4.78, 5) is 11.5. The van der Waals surface area contributed by atoms with E-state index in [1.54, 1.807) is 0 Å². The number of nitrogens with two attached hydrogens (primary N) is 1. The van der Waals surface area contributed by atoms with Gasteiger partial charge in [0.05, 0.1) is 0 Å². The SMILES string of the molecule is CCC(C)C(N)CNC(=O)NC1CCCC1. The summed E-state index contributed by atoms with van der Waals surface area (Å²) in [6, 6.07) is 0.366. The molecule has 1 aliphatic rings. The molecule has 2 amide bonds. The molecule has 4 nitrogen and oxygen atoms in total. The first-order chi connectivity index (χ1) is 7.63. The van der Waals surface area contributed by atoms with Gasteiger partial charge < -0.3 is 16.4 Å². The van der Waals surface area contributed by atoms with Gasteiger partial charge in [-0.1, -0.05) is 33.1 Å². The number of carbonyl (C=O) groups excluding carboxylic acids is 1. The van der Waals surface area contributed by atoms with Crippen LogP contribution in [0.3, 0.4) is 0 Å². The lowest BCUT2D eigenvalue weighted by molar-refractivity contribution is 0.235. The van der Waals surface area contributed by atoms with E-state index in [0.717, 1.165) is 19.3 Å². The quantitative estimate of drug-likeness (QED) is 0.668. The van der Waals surface area contributed by atoms with Gasteiger partial charge in [-0.15, -0.1) is 0 Å². The van der Waals surface area contributed by atoms with Crippen molar-refractivity contribution in [2.24, 2.45) is 11.7 Å². The van der Waals surface area contributed by atoms with Crippen molar-refractivity contribution in [3.05, 3.63) is 0 Å². The minimum atomic E-state index is -0.0642. The topological polar surface area (TPSA) is 67.1 Å². The molecule has 94 valence electrons. The number of urea groups is 1. The second-order valence-corrected chi connectivity index (χ2v) is 4.89. The summed E-state index contributed by atoms with van der Waals surface area (Å²) in [6.07, 6.45) is 5.75. The van der Waals surface area contributed by atoms with E-state index < -0.39 is 0 Å². The van der Waals surface area contributed by atoms with Crippen LogP contribution in [-0.4, -0.2) is 24.7 Å². The molecule has 0 bridgehead atoms. The van der Waals surface area contributed by atoms with Crippen molar-refractivity contribution in [1.29, 1.82) is 0 Å². The van der Waals surface area contributed by atoms with Crippen LogP contribution < -0.4 is 16.4 Å². The lowest BCUT2D eigenvalue weighted by Crippen LogP contribution is -2.47. The smallest absolute Gasteiger partial charge is 0.315 e. The highest BCUT2D eigenvalue weighted by Gasteiger charge is 2.17. The molecule has 2 atom stereocenters. The second kappa shape index (κ2) is 6.74. The highest BCUT2D eigenvalue weighted by molar-refractivity contribution is 5.74. The monoisotopic (exact) mass is 227 g/mol. The van der Waals surface area contributed by atoms with Gasteiger partial charge in [-0.3, -0.25) is 0 Å². The molecule has 0 aliphatic heterocycles. The van der Waals surface area contributed by atoms with Crippen molar-refractivity contribution in [2.75, 3.05) is 6.54 Å². The molecule has 0 heterocycles. The Labute approximate surface area is 98.3 Å². The first-order valence-corrected chi connectivity index (χ1v) is 6.43. The second-order valence-electron chi connectivity index (χ2n) is 4.89. The minimum Gasteiger partial charge on any atom is -0.337 e. The molecule has 0 aromatic carbocycles. The van der Waals surface area contributed by atoms with Gasteiger partial charge in [0, 0.05) is 18.6 Å². The minimum absolute atomic E-state index is 0.0549. The summed E-state index contributed by atoms with van der Waals surface area (Å²) >= 11 is 0. The van der Waals surface area contributed by atoms with Crippen molar-refractivity contribution in [1.82, 2.24) is 10.6 Å². The van der Waals surface area contributed by atoms with E-state index in [9.17, 15) is 4.79 Å². The first-order valence-electron chi connectivity index (χ1n) is 6.43. The van der Waals surface area contributed by atoms with Crippen molar-refractivity contribution >= 4 is 6.03 Å². The predicted octanol–water partition coefficient (Wildman–Crippen LogP) is 1.60. The Kier molecular flexibility index (Phi) is 5.60. The lowest BCUT2D eigenvalue weighted by Gasteiger charge is -2.20. The average molecular weight is 227 g/mol. The fourth-order valence-corrected chi connectivity index (χ4v) is 2.02. The van der Waals surface area contributed by atoms with Crippen LogP contribution in [0.25, 0.3) is 0 Å². The zero-order valence-corrected chi connectivity index (χ0v) is 10.5. The van der Waals surface area contributed by atoms with Crippen LogP contribution in [0.4, 0.5) is 4.79 Å². The number of nitrogens with one attached hydrogen (secondary N) is 2. The van der Waals surface area contributed by atoms with E-state index in [2.05, 4.69) is 24.5 Å². The number of hydrogen-bond acceptors (Lipinski definition) is 2. The molecular formula is C12H25N3O. The Hall–Kier alpha value is -0.770. The van der Waals surface area contributed by atoms with Gasteiger partial charge in [-0.25, -0.2) is 4.79 Å². The Morgan fingerprint density at radius 2 is 2.06 bits per heavy atom. The van der Waals surface area contributed by atoms with E-state index in [0.29, 0.717) is 18.5 Å². The summed E-state index contributed by atoms with van der Waals surface area (Å²) in [6.45, 7) is 4.79. The van der Waals surface area contributed by atoms with Gasteiger partial charge in [-0.2, -0.15) is 0 Å². The molecule has 4 N–H and O–H groups in total. The van der Waals surface area contributed by atoms with Gasteiger partial charge in [-0.05, 0) is 18.8 Å². The van der Waals surface area contributed by atoms with Crippen molar-refractivity contribution in [3.63, 3.8) is 0 Å². The number of carbonyl (C=O) groups is 1. The number of amides is 2. The Balaban J connectivity index is 2.14. The highest BCUT2D eigenvalue weighted by atomic mass is 16.2. The Morgan fingerprint density at radius 3 is 2.62 bits per heavy atom. The van der Waals surface area contributed by atoms with Crippen LogP contribution in [0.15, 0.2) is 0 Å². The molecular weight excluding hydrogens is 202 g/mol. The molecule has 1 aliphatic carbocycles. The highest BCUT2D eigenvalue weighted by Crippen LogP contribution is 2.17. The molecule has 4 heteroatoms. The summed E-state index contributed by atoms with van der Waals surface area (Å²) in [5, 5.41) is 5.84. The largest absolute Gasteiger partial charge is 0.337 e. The maximum absolute atomic E-state index is 11.5. The molecule has 1 fully saturated rings. The molecule has 2 unspecified atom stereocenters. The normalized spacial score (nSPS) is 20.4. The number of rotatable bonds is 5. The van der Waals surface area contributed by atoms with Gasteiger partial charge in [0.25, 0.3) is 0 Å². The molecule has 0 aromatic rings. The Bertz CT molecular complexity index is 214. The lowest BCUT2D eigenvalue weighted by atomic mass is 10.0. The van der Waals surface area contributed by atoms with E-state index in [1.807, 2.05) is 0 Å². The molecule has 0 spiro atoms. The first kappa shape index (κ1) is 13.3. The summed E-state index contributed by atoms with van der Waals surface area (Å²) < 4.78 is 0. The van der Waals surface area contributed by atoms with Gasteiger partial charge in [0.15, 0.2) is 0 Å². The zero-order valence-electron chi connectivity index (χ0n) is 10.5. The van der Waals surface area contributed by atoms with Gasteiger partial charge in [0.1, 0.15) is 0 Å². The van der Waals surface area contributed by atoms with E-state index in [4.69, 9.17) is 5.73 Å². The third-order valence-electron chi connectivity index (χ3n) is 3.56. The van der Waals surface area contributed by atoms with Crippen LogP contribution in [0.2, 0.25) is 0 Å². The number of hydrogen-bond donors (Lipinski definition) is 3. The van der Waals surface area contributed by atoms with E-state index in [-0.39, 0.29) is 12.1 Å². The maximum Gasteiger partial charge on any atom is 0.315 e. The van der Waals surface area contributed by atoms with Crippen molar-refractivity contribution in [3.8, 4) is 0 Å². The van der Waals surface area contributed by atoms with Crippen molar-refractivity contribution < 1.29 is 4.79 Å².